The Morgan fingerprint density at radius 3 is 2.81 bits per heavy atom. The number of rotatable bonds is 2. The molecule has 4 rings (SSSR count). The third-order valence-electron chi connectivity index (χ3n) is 3.83. The second-order valence-corrected chi connectivity index (χ2v) is 4.78. The second-order valence-electron chi connectivity index (χ2n) is 4.78. The van der Waals surface area contributed by atoms with Gasteiger partial charge in [-0.2, -0.15) is 0 Å². The predicted molar refractivity (Wildman–Crippen MR) is 63.3 cm³/mol. The molecular formula is C12H17N3O. The SMILES string of the molecule is COC1[C@H]2C[C@H]1CN(c1ncccc1N)C2. The third kappa shape index (κ3) is 1.37. The Labute approximate surface area is 95.4 Å². The molecular weight excluding hydrogens is 202 g/mol. The summed E-state index contributed by atoms with van der Waals surface area (Å²) in [6.07, 6.45) is 3.56. The fourth-order valence-corrected chi connectivity index (χ4v) is 3.08. The van der Waals surface area contributed by atoms with Crippen molar-refractivity contribution < 1.29 is 4.74 Å². The van der Waals surface area contributed by atoms with E-state index in [9.17, 15) is 0 Å². The molecule has 0 aromatic carbocycles. The molecule has 3 heterocycles. The molecule has 0 radical (unpaired) electrons. The fourth-order valence-electron chi connectivity index (χ4n) is 3.08. The Bertz CT molecular complexity index is 384. The summed E-state index contributed by atoms with van der Waals surface area (Å²) < 4.78 is 5.49. The summed E-state index contributed by atoms with van der Waals surface area (Å²) in [6.45, 7) is 2.05. The van der Waals surface area contributed by atoms with E-state index in [-0.39, 0.29) is 0 Å². The number of fused-ring (bicyclic) bond motifs is 2. The first-order valence-corrected chi connectivity index (χ1v) is 5.78. The molecule has 2 atom stereocenters. The molecule has 3 aliphatic rings. The van der Waals surface area contributed by atoms with Crippen molar-refractivity contribution >= 4 is 11.5 Å². The summed E-state index contributed by atoms with van der Waals surface area (Å²) in [5, 5.41) is 0. The van der Waals surface area contributed by atoms with E-state index >= 15 is 0 Å². The highest BCUT2D eigenvalue weighted by molar-refractivity contribution is 5.62. The molecule has 4 nitrogen and oxygen atoms in total. The second kappa shape index (κ2) is 3.63. The molecule has 16 heavy (non-hydrogen) atoms. The van der Waals surface area contributed by atoms with Crippen molar-refractivity contribution in [2.45, 2.75) is 12.5 Å². The van der Waals surface area contributed by atoms with Crippen molar-refractivity contribution in [2.75, 3.05) is 30.8 Å². The summed E-state index contributed by atoms with van der Waals surface area (Å²) in [4.78, 5) is 6.66. The lowest BCUT2D eigenvalue weighted by Gasteiger charge is -2.53. The van der Waals surface area contributed by atoms with E-state index in [0.717, 1.165) is 24.6 Å². The lowest BCUT2D eigenvalue weighted by atomic mass is 9.68. The number of ether oxygens (including phenoxy) is 1. The van der Waals surface area contributed by atoms with Crippen LogP contribution >= 0.6 is 0 Å². The predicted octanol–water partition coefficient (Wildman–Crippen LogP) is 1.13. The van der Waals surface area contributed by atoms with Crippen LogP contribution in [0.2, 0.25) is 0 Å². The maximum absolute atomic E-state index is 5.94. The molecule has 2 N–H and O–H groups in total. The summed E-state index contributed by atoms with van der Waals surface area (Å²) in [5.74, 6) is 2.25. The molecule has 0 spiro atoms. The first-order chi connectivity index (χ1) is 7.79. The Balaban J connectivity index is 1.78. The number of anilines is 2. The molecule has 0 unspecified atom stereocenters. The van der Waals surface area contributed by atoms with Crippen molar-refractivity contribution in [3.05, 3.63) is 18.3 Å². The van der Waals surface area contributed by atoms with Gasteiger partial charge < -0.3 is 15.4 Å². The molecule has 2 bridgehead atoms. The number of aromatic nitrogens is 1. The van der Waals surface area contributed by atoms with Gasteiger partial charge in [-0.15, -0.1) is 0 Å². The standard InChI is InChI=1S/C12H17N3O/c1-16-11-8-5-9(11)7-15(6-8)12-10(13)3-2-4-14-12/h2-4,8-9,11H,5-7,13H2,1H3/t8-,9-/m0/s1. The molecule has 1 aromatic heterocycles. The molecule has 1 saturated carbocycles. The molecule has 2 aliphatic heterocycles. The van der Waals surface area contributed by atoms with E-state index in [1.54, 1.807) is 6.20 Å². The molecule has 4 heteroatoms. The number of hydrogen-bond donors (Lipinski definition) is 1. The molecule has 1 aromatic rings. The zero-order chi connectivity index (χ0) is 11.1. The number of hydrogen-bond acceptors (Lipinski definition) is 4. The molecule has 2 saturated heterocycles. The van der Waals surface area contributed by atoms with Crippen LogP contribution < -0.4 is 10.6 Å². The Morgan fingerprint density at radius 1 is 1.44 bits per heavy atom. The van der Waals surface area contributed by atoms with Crippen LogP contribution in [0.5, 0.6) is 0 Å². The number of nitrogens with two attached hydrogens (primary N) is 1. The van der Waals surface area contributed by atoms with Gasteiger partial charge >= 0.3 is 0 Å². The topological polar surface area (TPSA) is 51.4 Å². The molecule has 86 valence electrons. The van der Waals surface area contributed by atoms with Crippen molar-refractivity contribution in [1.29, 1.82) is 0 Å². The maximum Gasteiger partial charge on any atom is 0.151 e. The van der Waals surface area contributed by atoms with Crippen molar-refractivity contribution in [3.63, 3.8) is 0 Å². The quantitative estimate of drug-likeness (QED) is 0.810. The van der Waals surface area contributed by atoms with Gasteiger partial charge in [0.25, 0.3) is 0 Å². The number of pyridine rings is 1. The maximum atomic E-state index is 5.94. The van der Waals surface area contributed by atoms with Gasteiger partial charge in [-0.3, -0.25) is 0 Å². The van der Waals surface area contributed by atoms with Crippen molar-refractivity contribution in [2.24, 2.45) is 11.8 Å². The average molecular weight is 219 g/mol. The van der Waals surface area contributed by atoms with E-state index < -0.39 is 0 Å². The van der Waals surface area contributed by atoms with Gasteiger partial charge in [0.2, 0.25) is 0 Å². The minimum atomic E-state index is 0.459. The average Bonchev–Trinajstić information content (AvgIpc) is 2.30. The molecule has 1 aliphatic carbocycles. The van der Waals surface area contributed by atoms with Crippen LogP contribution in [0.15, 0.2) is 18.3 Å². The van der Waals surface area contributed by atoms with E-state index in [4.69, 9.17) is 10.5 Å². The van der Waals surface area contributed by atoms with Gasteiger partial charge in [0.05, 0.1) is 11.8 Å². The van der Waals surface area contributed by atoms with Gasteiger partial charge in [0.15, 0.2) is 5.82 Å². The van der Waals surface area contributed by atoms with Gasteiger partial charge in [-0.25, -0.2) is 4.98 Å². The summed E-state index contributed by atoms with van der Waals surface area (Å²) in [6, 6.07) is 3.79. The smallest absolute Gasteiger partial charge is 0.151 e. The van der Waals surface area contributed by atoms with Gasteiger partial charge in [0.1, 0.15) is 0 Å². The van der Waals surface area contributed by atoms with Crippen LogP contribution in [-0.2, 0) is 4.74 Å². The zero-order valence-corrected chi connectivity index (χ0v) is 9.47. The number of nitrogens with zero attached hydrogens (tertiary/aromatic N) is 2. The van der Waals surface area contributed by atoms with Gasteiger partial charge in [-0.1, -0.05) is 0 Å². The number of nitrogen functional groups attached to an aromatic ring is 1. The molecule has 0 amide bonds. The molecule has 3 fully saturated rings. The minimum absolute atomic E-state index is 0.459. The van der Waals surface area contributed by atoms with E-state index in [0.29, 0.717) is 17.9 Å². The fraction of sp³-hybridized carbons (Fsp3) is 0.583. The van der Waals surface area contributed by atoms with Gasteiger partial charge in [-0.05, 0) is 18.6 Å². The van der Waals surface area contributed by atoms with Crippen LogP contribution in [0.25, 0.3) is 0 Å². The van der Waals surface area contributed by atoms with E-state index in [2.05, 4.69) is 9.88 Å². The Morgan fingerprint density at radius 2 is 2.19 bits per heavy atom. The number of piperidine rings is 2. The Hall–Kier alpha value is -1.29. The largest absolute Gasteiger partial charge is 0.396 e. The highest BCUT2D eigenvalue weighted by Crippen LogP contribution is 2.43. The lowest BCUT2D eigenvalue weighted by molar-refractivity contribution is -0.0816. The van der Waals surface area contributed by atoms with Crippen LogP contribution in [0.1, 0.15) is 6.42 Å². The first-order valence-electron chi connectivity index (χ1n) is 5.78. The summed E-state index contributed by atoms with van der Waals surface area (Å²) in [7, 11) is 1.81. The van der Waals surface area contributed by atoms with E-state index in [1.165, 1.54) is 6.42 Å². The van der Waals surface area contributed by atoms with Crippen LogP contribution in [0, 0.1) is 11.8 Å². The Kier molecular flexibility index (Phi) is 2.24. The summed E-state index contributed by atoms with van der Waals surface area (Å²) in [5.41, 5.74) is 6.72. The highest BCUT2D eigenvalue weighted by Gasteiger charge is 2.47. The first kappa shape index (κ1) is 9.90. The highest BCUT2D eigenvalue weighted by atomic mass is 16.5. The number of methoxy groups -OCH3 is 1. The van der Waals surface area contributed by atoms with Gasteiger partial charge in [0, 0.05) is 38.2 Å². The normalized spacial score (nSPS) is 32.3. The van der Waals surface area contributed by atoms with Crippen LogP contribution in [-0.4, -0.2) is 31.3 Å². The van der Waals surface area contributed by atoms with Crippen LogP contribution in [0.4, 0.5) is 11.5 Å². The van der Waals surface area contributed by atoms with E-state index in [1.807, 2.05) is 19.2 Å². The summed E-state index contributed by atoms with van der Waals surface area (Å²) >= 11 is 0. The zero-order valence-electron chi connectivity index (χ0n) is 9.47. The van der Waals surface area contributed by atoms with Crippen LogP contribution in [0.3, 0.4) is 0 Å². The van der Waals surface area contributed by atoms with Crippen molar-refractivity contribution in [1.82, 2.24) is 4.98 Å². The third-order valence-corrected chi connectivity index (χ3v) is 3.83. The minimum Gasteiger partial charge on any atom is -0.396 e. The monoisotopic (exact) mass is 219 g/mol. The van der Waals surface area contributed by atoms with Crippen molar-refractivity contribution in [3.8, 4) is 0 Å². The lowest BCUT2D eigenvalue weighted by Crippen LogP contribution is -2.59.